The number of carbonyl (C=O) groups excluding carboxylic acids is 6. The average molecular weight is 1450 g/mol. The van der Waals surface area contributed by atoms with Crippen molar-refractivity contribution in [3.8, 4) is 0 Å². The number of aliphatic carboxylic acids is 1. The number of carboxylic acids is 1. The van der Waals surface area contributed by atoms with Crippen molar-refractivity contribution in [3.63, 3.8) is 0 Å². The number of hydrogen-bond acceptors (Lipinski definition) is 18. The molecule has 9 rings (SSSR count). The molecule has 35 heteroatoms. The van der Waals surface area contributed by atoms with Gasteiger partial charge >= 0.3 is 5.97 Å². The Morgan fingerprint density at radius 1 is 0.697 bits per heavy atom. The fourth-order valence-corrected chi connectivity index (χ4v) is 17.3. The van der Waals surface area contributed by atoms with Gasteiger partial charge in [0.1, 0.15) is 34.0 Å². The van der Waals surface area contributed by atoms with Gasteiger partial charge in [-0.25, -0.2) is 0 Å². The first-order valence-electron chi connectivity index (χ1n) is 31.9. The third-order valence-corrected chi connectivity index (χ3v) is 23.1. The lowest BCUT2D eigenvalue weighted by molar-refractivity contribution is -0.149. The molecule has 5 aliphatic rings. The number of rotatable bonds is 22. The van der Waals surface area contributed by atoms with Gasteiger partial charge in [-0.05, 0) is 123 Å². The Morgan fingerprint density at radius 2 is 1.31 bits per heavy atom. The van der Waals surface area contributed by atoms with Crippen LogP contribution in [0.1, 0.15) is 117 Å². The third-order valence-electron chi connectivity index (χ3n) is 19.6. The van der Waals surface area contributed by atoms with Crippen molar-refractivity contribution in [2.75, 3.05) is 42.5 Å². The van der Waals surface area contributed by atoms with Crippen molar-refractivity contribution in [2.45, 2.75) is 172 Å². The number of anilines is 2. The van der Waals surface area contributed by atoms with Gasteiger partial charge in [0.25, 0.3) is 40.5 Å². The van der Waals surface area contributed by atoms with E-state index < -0.39 is 167 Å². The molecule has 0 saturated carbocycles. The van der Waals surface area contributed by atoms with E-state index in [0.717, 1.165) is 6.07 Å². The molecule has 4 aromatic rings. The summed E-state index contributed by atoms with van der Waals surface area (Å²) < 4.78 is 143. The molecular weight excluding hydrogens is 1370 g/mol. The monoisotopic (exact) mass is 1450 g/mol. The van der Waals surface area contributed by atoms with Crippen molar-refractivity contribution in [1.82, 2.24) is 31.5 Å². The standard InChI is InChI=1S/C64H81N11O20S4/c1-7-74-46-23-20-40-42(29-38(97(87,88)89)31-49(40)99(93,94)95)55(46)63(4,5)64(74,6)24-12-8-10-16-50-62(2,3)54-41-28-37(96(84,85)86)30-48(98(90,91)92)39(41)19-22-45(54)73(50)26-13-9-11-17-51(76)68-33-35-27-36-18-21-47-59(82)71-43(15-14-25-67-61(65)66)57(80)69-34-52(77)70-44(32-53(78)79)58(81)72-56(35)60(83)75(36)47/h8,10,12,16,19-20,22-24,28-31,35-36,43-44,47,56H,7,9,11,13-15,17-18,21,25-27,32-34H2,1-6H3,(H,68,76)(H,69,80)(H,70,77)(H,71,82)(H,72,81)(H,78,79)(H4,65,66,67)(H,84,85,86)(H,87,88,89)(H,90,91,92)(H,93,94,95)/b10-8+,24-12+,50-16+/t35-,36-,43-,44-,47-,56+,64?/m0/s1. The Balaban J connectivity index is 0.951. The molecule has 5 aliphatic heterocycles. The predicted octanol–water partition coefficient (Wildman–Crippen LogP) is 2.82. The first-order valence-corrected chi connectivity index (χ1v) is 37.7. The summed E-state index contributed by atoms with van der Waals surface area (Å²) in [6.07, 6.45) is 10.2. The molecule has 0 spiro atoms. The van der Waals surface area contributed by atoms with Crippen LogP contribution >= 0.6 is 0 Å². The molecule has 0 aromatic heterocycles. The van der Waals surface area contributed by atoms with Crippen LogP contribution in [0.2, 0.25) is 0 Å². The highest BCUT2D eigenvalue weighted by molar-refractivity contribution is 7.87. The minimum Gasteiger partial charge on any atom is -0.481 e. The van der Waals surface area contributed by atoms with Crippen LogP contribution in [-0.2, 0) is 84.9 Å². The third kappa shape index (κ3) is 15.3. The zero-order chi connectivity index (χ0) is 72.9. The Morgan fingerprint density at radius 3 is 1.90 bits per heavy atom. The summed E-state index contributed by atoms with van der Waals surface area (Å²) in [5.41, 5.74) is 10.8. The van der Waals surface area contributed by atoms with E-state index in [9.17, 15) is 90.6 Å². The van der Waals surface area contributed by atoms with Crippen molar-refractivity contribution in [3.05, 3.63) is 95.7 Å². The van der Waals surface area contributed by atoms with Crippen molar-refractivity contribution in [2.24, 2.45) is 22.4 Å². The molecule has 14 N–H and O–H groups in total. The van der Waals surface area contributed by atoms with Crippen molar-refractivity contribution >= 4 is 121 Å². The largest absolute Gasteiger partial charge is 0.481 e. The highest BCUT2D eigenvalue weighted by Crippen LogP contribution is 2.56. The molecule has 536 valence electrons. The summed E-state index contributed by atoms with van der Waals surface area (Å²) in [5, 5.41) is 22.9. The number of nitrogens with zero attached hydrogens (tertiary/aromatic N) is 4. The van der Waals surface area contributed by atoms with Crippen LogP contribution in [0.15, 0.2) is 109 Å². The second-order valence-corrected chi connectivity index (χ2v) is 32.1. The average Bonchev–Trinajstić information content (AvgIpc) is 1.59. The van der Waals surface area contributed by atoms with Gasteiger partial charge in [0.15, 0.2) is 5.96 Å². The summed E-state index contributed by atoms with van der Waals surface area (Å²) in [6.45, 7) is 11.2. The molecular formula is C64H81N11O20S4. The number of hydrogen-bond donors (Lipinski definition) is 12. The van der Waals surface area contributed by atoms with Gasteiger partial charge in [-0.1, -0.05) is 70.6 Å². The molecule has 31 nitrogen and oxygen atoms in total. The van der Waals surface area contributed by atoms with Gasteiger partial charge in [0, 0.05) is 83.2 Å². The van der Waals surface area contributed by atoms with E-state index in [2.05, 4.69) is 31.6 Å². The summed E-state index contributed by atoms with van der Waals surface area (Å²) in [4.78, 5) is 101. The number of benzene rings is 4. The normalized spacial score (nSPS) is 24.0. The SMILES string of the molecule is CCN1c2ccc3c(S(=O)(=O)O)cc(S(=O)(=O)O)cc3c2C(C)(C)C1(C)/C=C/C=C/C=C1/N(CCCCCC(=O)NC[C@@H]2C[C@@H]3CC[C@H]4C(=O)N[C@@H](CCCN=C(N)N)C(=O)NCC(=O)N[C@@H](CC(=O)O)C(=O)N[C@H]2C(=O)N34)c2ccc3c(S(=O)(=O)O)cc(S(=O)(=O)O)cc3c2C1(C)C. The number of carbonyl (C=O) groups is 7. The Bertz CT molecular complexity index is 4610. The molecule has 5 heterocycles. The Labute approximate surface area is 572 Å². The highest BCUT2D eigenvalue weighted by atomic mass is 32.2. The van der Waals surface area contributed by atoms with Gasteiger partial charge in [0.05, 0.1) is 28.3 Å². The number of carboxylic acid groups (broad SMARTS) is 1. The number of fused-ring (bicyclic) bond motifs is 7. The lowest BCUT2D eigenvalue weighted by atomic mass is 9.70. The molecule has 2 bridgehead atoms. The van der Waals surface area contributed by atoms with E-state index in [-0.39, 0.29) is 79.2 Å². The molecule has 3 saturated heterocycles. The van der Waals surface area contributed by atoms with Crippen LogP contribution in [0.4, 0.5) is 11.4 Å². The summed E-state index contributed by atoms with van der Waals surface area (Å²) in [6, 6.07) is 3.87. The minimum atomic E-state index is -5.08. The molecule has 3 fully saturated rings. The van der Waals surface area contributed by atoms with E-state index in [1.807, 2.05) is 57.4 Å². The number of amides is 6. The number of guanidine groups is 1. The maximum Gasteiger partial charge on any atom is 0.305 e. The quantitative estimate of drug-likeness (QED) is 0.0177. The number of nitrogens with one attached hydrogen (secondary N) is 5. The fourth-order valence-electron chi connectivity index (χ4n) is 14.7. The number of likely N-dealkylation sites (N-methyl/N-ethyl adjacent to an activating group) is 1. The lowest BCUT2D eigenvalue weighted by Gasteiger charge is -2.43. The number of unbranched alkanes of at least 4 members (excludes halogenated alkanes) is 2. The van der Waals surface area contributed by atoms with Crippen molar-refractivity contribution in [1.29, 1.82) is 0 Å². The number of nitrogens with two attached hydrogens (primary N) is 2. The number of piperidine rings is 1. The molecule has 0 aliphatic carbocycles. The minimum absolute atomic E-state index is 0.0189. The highest BCUT2D eigenvalue weighted by Gasteiger charge is 2.54. The van der Waals surface area contributed by atoms with Crippen molar-refractivity contribution < 1.29 is 90.6 Å². The van der Waals surface area contributed by atoms with E-state index in [0.29, 0.717) is 72.6 Å². The zero-order valence-corrected chi connectivity index (χ0v) is 58.3. The number of aliphatic imine (C=N–C) groups is 1. The van der Waals surface area contributed by atoms with Crippen LogP contribution in [0.5, 0.6) is 0 Å². The number of allylic oxidation sites excluding steroid dienone is 5. The Hall–Kier alpha value is -8.58. The molecule has 6 amide bonds. The molecule has 4 aromatic carbocycles. The van der Waals surface area contributed by atoms with Gasteiger partial charge in [-0.15, -0.1) is 0 Å². The van der Waals surface area contributed by atoms with Crippen LogP contribution < -0.4 is 47.9 Å². The molecule has 1 unspecified atom stereocenters. The van der Waals surface area contributed by atoms with E-state index in [4.69, 9.17) is 11.5 Å². The second kappa shape index (κ2) is 28.2. The molecule has 7 atom stereocenters. The molecule has 99 heavy (non-hydrogen) atoms. The smallest absolute Gasteiger partial charge is 0.305 e. The Kier molecular flexibility index (Phi) is 21.3. The van der Waals surface area contributed by atoms with Gasteiger partial charge < -0.3 is 57.9 Å². The van der Waals surface area contributed by atoms with Gasteiger partial charge in [0.2, 0.25) is 35.4 Å². The summed E-state index contributed by atoms with van der Waals surface area (Å²) >= 11 is 0. The first-order chi connectivity index (χ1) is 46.1. The fraction of sp³-hybridized carbons (Fsp3) is 0.469. The van der Waals surface area contributed by atoms with Gasteiger partial charge in [-0.3, -0.25) is 56.8 Å². The predicted molar refractivity (Wildman–Crippen MR) is 363 cm³/mol. The summed E-state index contributed by atoms with van der Waals surface area (Å²) in [7, 11) is -20.1. The lowest BCUT2D eigenvalue weighted by Crippen LogP contribution is -2.65. The maximum atomic E-state index is 14.6. The molecule has 0 radical (unpaired) electrons. The van der Waals surface area contributed by atoms with Gasteiger partial charge in [-0.2, -0.15) is 33.7 Å². The van der Waals surface area contributed by atoms with E-state index in [1.165, 1.54) is 23.1 Å². The van der Waals surface area contributed by atoms with E-state index >= 15 is 0 Å². The van der Waals surface area contributed by atoms with Crippen LogP contribution in [0.3, 0.4) is 0 Å². The van der Waals surface area contributed by atoms with Crippen LogP contribution in [-0.4, -0.2) is 178 Å². The second-order valence-electron chi connectivity index (χ2n) is 26.5. The van der Waals surface area contributed by atoms with Crippen LogP contribution in [0.25, 0.3) is 21.5 Å². The zero-order valence-electron chi connectivity index (χ0n) is 55.0. The van der Waals surface area contributed by atoms with Crippen LogP contribution in [0, 0.1) is 5.92 Å². The first kappa shape index (κ1) is 74.6. The maximum absolute atomic E-state index is 14.6. The summed E-state index contributed by atoms with van der Waals surface area (Å²) in [5.74, 6) is -7.01. The topological polar surface area (TPSA) is 491 Å². The van der Waals surface area contributed by atoms with E-state index in [1.54, 1.807) is 36.4 Å².